The number of hydrogen-bond donors (Lipinski definition) is 2. The lowest BCUT2D eigenvalue weighted by Crippen LogP contribution is -2.46. The molecule has 0 spiro atoms. The largest absolute Gasteiger partial charge is 0.396 e. The van der Waals surface area contributed by atoms with Gasteiger partial charge in [0.05, 0.1) is 0 Å². The van der Waals surface area contributed by atoms with Crippen molar-refractivity contribution in [3.63, 3.8) is 0 Å². The average Bonchev–Trinajstić information content (AvgIpc) is 1.62. The summed E-state index contributed by atoms with van der Waals surface area (Å²) < 4.78 is 0. The molecular formula is C6H13NO. The Morgan fingerprint density at radius 1 is 1.75 bits per heavy atom. The standard InChI is InChI=1S/C6H13NO/c1-5(4-8)6-2-7-3-6/h5-8H,2-4H2,1H3. The molecule has 1 rings (SSSR count). The predicted octanol–water partition coefficient (Wildman–Crippen LogP) is -0.166. The molecule has 2 N–H and O–H groups in total. The van der Waals surface area contributed by atoms with Gasteiger partial charge in [-0.2, -0.15) is 0 Å². The van der Waals surface area contributed by atoms with Crippen molar-refractivity contribution in [1.29, 1.82) is 0 Å². The molecule has 0 aromatic rings. The van der Waals surface area contributed by atoms with Gasteiger partial charge in [-0.1, -0.05) is 6.92 Å². The SMILES string of the molecule is CC(CO)C1CNC1. The summed E-state index contributed by atoms with van der Waals surface area (Å²) in [6.07, 6.45) is 0. The van der Waals surface area contributed by atoms with E-state index in [9.17, 15) is 0 Å². The number of nitrogens with one attached hydrogen (secondary N) is 1. The molecule has 0 amide bonds. The van der Waals surface area contributed by atoms with Gasteiger partial charge in [0.15, 0.2) is 0 Å². The highest BCUT2D eigenvalue weighted by atomic mass is 16.3. The molecule has 1 heterocycles. The zero-order valence-electron chi connectivity index (χ0n) is 5.22. The van der Waals surface area contributed by atoms with Crippen LogP contribution in [-0.2, 0) is 0 Å². The molecule has 2 nitrogen and oxygen atoms in total. The molecule has 48 valence electrons. The first kappa shape index (κ1) is 6.05. The third-order valence-corrected chi connectivity index (χ3v) is 1.91. The molecule has 8 heavy (non-hydrogen) atoms. The second-order valence-corrected chi connectivity index (χ2v) is 2.58. The molecule has 1 aliphatic heterocycles. The van der Waals surface area contributed by atoms with Crippen molar-refractivity contribution in [2.75, 3.05) is 19.7 Å². The van der Waals surface area contributed by atoms with Crippen LogP contribution in [0.4, 0.5) is 0 Å². The first-order valence-electron chi connectivity index (χ1n) is 3.16. The van der Waals surface area contributed by atoms with Crippen LogP contribution in [-0.4, -0.2) is 24.8 Å². The van der Waals surface area contributed by atoms with E-state index in [0.29, 0.717) is 12.5 Å². The molecule has 0 aliphatic carbocycles. The number of aliphatic hydroxyl groups excluding tert-OH is 1. The summed E-state index contributed by atoms with van der Waals surface area (Å²) in [6, 6.07) is 0. The molecule has 0 aromatic carbocycles. The minimum absolute atomic E-state index is 0.340. The van der Waals surface area contributed by atoms with Gasteiger partial charge in [0.25, 0.3) is 0 Å². The van der Waals surface area contributed by atoms with E-state index in [1.807, 2.05) is 0 Å². The highest BCUT2D eigenvalue weighted by Crippen LogP contribution is 2.13. The molecule has 0 bridgehead atoms. The summed E-state index contributed by atoms with van der Waals surface area (Å²) in [5.74, 6) is 1.23. The molecule has 0 saturated carbocycles. The Labute approximate surface area is 49.9 Å². The Bertz CT molecular complexity index is 68.2. The van der Waals surface area contributed by atoms with Crippen LogP contribution in [0.25, 0.3) is 0 Å². The van der Waals surface area contributed by atoms with E-state index in [0.717, 1.165) is 19.0 Å². The summed E-state index contributed by atoms with van der Waals surface area (Å²) in [5.41, 5.74) is 0. The molecule has 1 saturated heterocycles. The lowest BCUT2D eigenvalue weighted by molar-refractivity contribution is 0.152. The smallest absolute Gasteiger partial charge is 0.0460 e. The van der Waals surface area contributed by atoms with E-state index >= 15 is 0 Å². The van der Waals surface area contributed by atoms with Crippen molar-refractivity contribution < 1.29 is 5.11 Å². The molecular weight excluding hydrogens is 102 g/mol. The number of hydrogen-bond acceptors (Lipinski definition) is 2. The highest BCUT2D eigenvalue weighted by molar-refractivity contribution is 4.78. The van der Waals surface area contributed by atoms with Gasteiger partial charge in [-0.3, -0.25) is 0 Å². The van der Waals surface area contributed by atoms with Crippen molar-refractivity contribution in [2.45, 2.75) is 6.92 Å². The van der Waals surface area contributed by atoms with E-state index in [1.54, 1.807) is 0 Å². The fourth-order valence-corrected chi connectivity index (χ4v) is 0.862. The van der Waals surface area contributed by atoms with Gasteiger partial charge in [-0.25, -0.2) is 0 Å². The van der Waals surface area contributed by atoms with E-state index < -0.39 is 0 Å². The van der Waals surface area contributed by atoms with Gasteiger partial charge in [0, 0.05) is 6.61 Å². The van der Waals surface area contributed by atoms with E-state index in [2.05, 4.69) is 12.2 Å². The van der Waals surface area contributed by atoms with Crippen LogP contribution in [0.1, 0.15) is 6.92 Å². The fraction of sp³-hybridized carbons (Fsp3) is 1.00. The van der Waals surface area contributed by atoms with Gasteiger partial charge in [-0.05, 0) is 24.9 Å². The summed E-state index contributed by atoms with van der Waals surface area (Å²) in [4.78, 5) is 0. The predicted molar refractivity (Wildman–Crippen MR) is 32.6 cm³/mol. The molecule has 1 atom stereocenters. The van der Waals surface area contributed by atoms with E-state index in [1.165, 1.54) is 0 Å². The fourth-order valence-electron chi connectivity index (χ4n) is 0.862. The van der Waals surface area contributed by atoms with Crippen molar-refractivity contribution in [3.8, 4) is 0 Å². The monoisotopic (exact) mass is 115 g/mol. The lowest BCUT2D eigenvalue weighted by Gasteiger charge is -2.31. The maximum atomic E-state index is 8.64. The van der Waals surface area contributed by atoms with Crippen LogP contribution in [0.15, 0.2) is 0 Å². The normalized spacial score (nSPS) is 24.8. The minimum atomic E-state index is 0.340. The third kappa shape index (κ3) is 1.01. The first-order valence-corrected chi connectivity index (χ1v) is 3.16. The van der Waals surface area contributed by atoms with Gasteiger partial charge in [0.1, 0.15) is 0 Å². The quantitative estimate of drug-likeness (QED) is 0.524. The average molecular weight is 115 g/mol. The number of rotatable bonds is 2. The lowest BCUT2D eigenvalue weighted by atomic mass is 9.90. The van der Waals surface area contributed by atoms with E-state index in [4.69, 9.17) is 5.11 Å². The van der Waals surface area contributed by atoms with Crippen molar-refractivity contribution in [1.82, 2.24) is 5.32 Å². The highest BCUT2D eigenvalue weighted by Gasteiger charge is 2.22. The van der Waals surface area contributed by atoms with Crippen molar-refractivity contribution in [2.24, 2.45) is 11.8 Å². The van der Waals surface area contributed by atoms with Crippen LogP contribution in [0, 0.1) is 11.8 Å². The molecule has 0 aromatic heterocycles. The van der Waals surface area contributed by atoms with Gasteiger partial charge >= 0.3 is 0 Å². The Hall–Kier alpha value is -0.0800. The van der Waals surface area contributed by atoms with Crippen molar-refractivity contribution >= 4 is 0 Å². The van der Waals surface area contributed by atoms with Crippen LogP contribution in [0.2, 0.25) is 0 Å². The Kier molecular flexibility index (Phi) is 1.86. The molecule has 1 aliphatic rings. The van der Waals surface area contributed by atoms with Gasteiger partial charge in [-0.15, -0.1) is 0 Å². The summed E-state index contributed by atoms with van der Waals surface area (Å²) in [6.45, 7) is 4.63. The molecule has 0 radical (unpaired) electrons. The van der Waals surface area contributed by atoms with Crippen LogP contribution in [0.3, 0.4) is 0 Å². The molecule has 2 heteroatoms. The second kappa shape index (κ2) is 2.46. The topological polar surface area (TPSA) is 32.3 Å². The number of aliphatic hydroxyl groups is 1. The first-order chi connectivity index (χ1) is 3.84. The van der Waals surface area contributed by atoms with Crippen LogP contribution >= 0.6 is 0 Å². The minimum Gasteiger partial charge on any atom is -0.396 e. The third-order valence-electron chi connectivity index (χ3n) is 1.91. The summed E-state index contributed by atoms with van der Waals surface area (Å²) in [5, 5.41) is 11.8. The van der Waals surface area contributed by atoms with Crippen molar-refractivity contribution in [3.05, 3.63) is 0 Å². The maximum absolute atomic E-state index is 8.64. The Morgan fingerprint density at radius 2 is 2.38 bits per heavy atom. The Morgan fingerprint density at radius 3 is 2.50 bits per heavy atom. The van der Waals surface area contributed by atoms with E-state index in [-0.39, 0.29) is 0 Å². The van der Waals surface area contributed by atoms with Crippen LogP contribution < -0.4 is 5.32 Å². The molecule has 1 fully saturated rings. The van der Waals surface area contributed by atoms with Gasteiger partial charge < -0.3 is 10.4 Å². The van der Waals surface area contributed by atoms with Gasteiger partial charge in [0.2, 0.25) is 0 Å². The summed E-state index contributed by atoms with van der Waals surface area (Å²) >= 11 is 0. The summed E-state index contributed by atoms with van der Waals surface area (Å²) in [7, 11) is 0. The zero-order chi connectivity index (χ0) is 5.98. The van der Waals surface area contributed by atoms with Crippen LogP contribution in [0.5, 0.6) is 0 Å². The maximum Gasteiger partial charge on any atom is 0.0460 e. The Balaban J connectivity index is 2.13. The second-order valence-electron chi connectivity index (χ2n) is 2.58. The zero-order valence-corrected chi connectivity index (χ0v) is 5.22. The molecule has 1 unspecified atom stereocenters.